The van der Waals surface area contributed by atoms with Gasteiger partial charge in [-0.3, -0.25) is 18.9 Å². The summed E-state index contributed by atoms with van der Waals surface area (Å²) >= 11 is 0. The van der Waals surface area contributed by atoms with Gasteiger partial charge in [-0.1, -0.05) is 12.0 Å². The fraction of sp³-hybridized carbons (Fsp3) is 0.900. The molecule has 0 spiro atoms. The summed E-state index contributed by atoms with van der Waals surface area (Å²) in [5.74, 6) is -0.477. The molecule has 194 valence electrons. The molecule has 0 N–H and O–H groups in total. The van der Waals surface area contributed by atoms with Gasteiger partial charge in [-0.05, 0) is 53.5 Å². The molecule has 0 aliphatic heterocycles. The Morgan fingerprint density at radius 3 is 1.53 bits per heavy atom. The normalized spacial score (nSPS) is 9.82. The zero-order valence-electron chi connectivity index (χ0n) is 22.9. The van der Waals surface area contributed by atoms with Crippen LogP contribution in [0.1, 0.15) is 69.1 Å². The maximum Gasteiger partial charge on any atom is 1.00 e. The van der Waals surface area contributed by atoms with Crippen LogP contribution in [0.15, 0.2) is 5.11 Å². The van der Waals surface area contributed by atoms with Crippen molar-refractivity contribution in [3.63, 3.8) is 0 Å². The molecule has 0 aliphatic rings. The summed E-state index contributed by atoms with van der Waals surface area (Å²) in [6, 6.07) is 0. The first-order chi connectivity index (χ1) is 15.7. The average Bonchev–Trinajstić information content (AvgIpc) is 2.67. The molecule has 0 aliphatic carbocycles. The van der Waals surface area contributed by atoms with E-state index in [1.54, 1.807) is 0 Å². The van der Waals surface area contributed by atoms with Gasteiger partial charge in [0.05, 0.1) is 41.2 Å². The van der Waals surface area contributed by atoms with Crippen LogP contribution >= 0.6 is 0 Å². The summed E-state index contributed by atoms with van der Waals surface area (Å²) in [7, 11) is -1.00. The number of halogens is 1. The van der Waals surface area contributed by atoms with Crippen molar-refractivity contribution < 1.29 is 63.9 Å². The first kappa shape index (κ1) is 39.6. The Morgan fingerprint density at radius 2 is 1.24 bits per heavy atom. The number of azide groups is 1. The van der Waals surface area contributed by atoms with Gasteiger partial charge in [0.1, 0.15) is 11.2 Å². The number of nitrogens with zero attached hydrogens (tertiary/aromatic N) is 6. The summed E-state index contributed by atoms with van der Waals surface area (Å²) in [4.78, 5) is 26.4. The Hall–Kier alpha value is -1.59. The molecule has 0 radical (unpaired) electrons. The van der Waals surface area contributed by atoms with Crippen LogP contribution in [0.2, 0.25) is 0 Å². The van der Waals surface area contributed by atoms with Gasteiger partial charge >= 0.3 is 41.5 Å². The van der Waals surface area contributed by atoms with Gasteiger partial charge in [0.25, 0.3) is 0 Å². The SMILES string of the molecule is CC(C)(C)OC(=O)CCOCCN=[N+]=[N-].CCCOCCC(=O)OC(C)(C)C.[2H]CF.[N-]=[N+]=[N-].[Na+]. The summed E-state index contributed by atoms with van der Waals surface area (Å²) in [5, 5.41) is 3.29. The van der Waals surface area contributed by atoms with Gasteiger partial charge in [-0.2, -0.15) is 0 Å². The van der Waals surface area contributed by atoms with Crippen molar-refractivity contribution in [1.29, 1.82) is 0 Å². The molecule has 0 fully saturated rings. The molecule has 0 heterocycles. The minimum Gasteiger partial charge on any atom is -0.460 e. The minimum atomic E-state index is -1.00. The zero-order chi connectivity index (χ0) is 27.5. The smallest absolute Gasteiger partial charge is 0.460 e. The summed E-state index contributed by atoms with van der Waals surface area (Å²) in [6.45, 7) is 15.1. The van der Waals surface area contributed by atoms with Crippen LogP contribution in [0.3, 0.4) is 0 Å². The molecule has 0 atom stereocenters. The molecule has 0 rings (SSSR count). The quantitative estimate of drug-likeness (QED) is 0.104. The van der Waals surface area contributed by atoms with Gasteiger partial charge in [0.2, 0.25) is 0 Å². The van der Waals surface area contributed by atoms with E-state index in [9.17, 15) is 14.0 Å². The molecule has 14 heteroatoms. The second-order valence-electron chi connectivity index (χ2n) is 7.94. The Bertz CT molecular complexity index is 594. The monoisotopic (exact) mass is 503 g/mol. The Morgan fingerprint density at radius 1 is 0.882 bits per heavy atom. The van der Waals surface area contributed by atoms with Crippen LogP contribution in [0.5, 0.6) is 0 Å². The van der Waals surface area contributed by atoms with Crippen molar-refractivity contribution in [1.82, 2.24) is 0 Å². The van der Waals surface area contributed by atoms with E-state index in [-0.39, 0.29) is 66.7 Å². The number of ether oxygens (including phenoxy) is 4. The molecule has 0 unspecified atom stereocenters. The molecule has 0 aromatic rings. The predicted octanol–water partition coefficient (Wildman–Crippen LogP) is 2.65. The first-order valence-corrected chi connectivity index (χ1v) is 10.2. The van der Waals surface area contributed by atoms with Crippen LogP contribution in [0.4, 0.5) is 4.39 Å². The standard InChI is InChI=1S/C10H20O3.C9H17N3O3.CH3F.N3.Na/c1-5-7-12-8-6-9(11)13-10(2,3)4;1-9(2,3)15-8(13)4-6-14-7-5-11-12-10;1-2;1-3-2;/h5-8H2,1-4H3;4-7H2,1-3H3;1H3;;/q;;;-1;+1/i;;1D;;. The number of hydrogen-bond donors (Lipinski definition) is 0. The van der Waals surface area contributed by atoms with E-state index in [0.29, 0.717) is 26.2 Å². The van der Waals surface area contributed by atoms with E-state index >= 15 is 0 Å². The Kier molecular flexibility index (Phi) is 34.3. The number of hydrogen-bond acceptors (Lipinski definition) is 7. The molecule has 12 nitrogen and oxygen atoms in total. The van der Waals surface area contributed by atoms with Crippen LogP contribution in [0.25, 0.3) is 26.4 Å². The van der Waals surface area contributed by atoms with E-state index in [1.807, 2.05) is 48.5 Å². The molecule has 0 aromatic carbocycles. The zero-order valence-corrected chi connectivity index (χ0v) is 23.9. The number of carbonyl (C=O) groups is 2. The molecule has 0 amide bonds. The van der Waals surface area contributed by atoms with E-state index in [1.165, 1.54) is 4.91 Å². The summed E-state index contributed by atoms with van der Waals surface area (Å²) in [6.07, 6.45) is 1.54. The van der Waals surface area contributed by atoms with Crippen molar-refractivity contribution in [2.75, 3.05) is 40.1 Å². The van der Waals surface area contributed by atoms with Gasteiger partial charge in [0.15, 0.2) is 0 Å². The second kappa shape index (κ2) is 29.4. The second-order valence-corrected chi connectivity index (χ2v) is 7.94. The van der Waals surface area contributed by atoms with E-state index < -0.39 is 12.8 Å². The predicted molar refractivity (Wildman–Crippen MR) is 124 cm³/mol. The largest absolute Gasteiger partial charge is 1.00 e. The van der Waals surface area contributed by atoms with E-state index in [0.717, 1.165) is 6.42 Å². The van der Waals surface area contributed by atoms with Crippen LogP contribution in [-0.4, -0.2) is 63.3 Å². The number of alkyl halides is 1. The number of rotatable bonds is 11. The van der Waals surface area contributed by atoms with Crippen molar-refractivity contribution in [3.8, 4) is 0 Å². The fourth-order valence-corrected chi connectivity index (χ4v) is 1.59. The van der Waals surface area contributed by atoms with Gasteiger partial charge in [-0.25, -0.2) is 0 Å². The molecule has 0 bridgehead atoms. The molecule has 0 aromatic heterocycles. The summed E-state index contributed by atoms with van der Waals surface area (Å²) in [5.41, 5.74) is 20.6. The van der Waals surface area contributed by atoms with E-state index in [4.69, 9.17) is 36.9 Å². The maximum atomic E-state index is 11.2. The molecule has 0 saturated carbocycles. The minimum absolute atomic E-state index is 0. The third-order valence-corrected chi connectivity index (χ3v) is 2.49. The first-order valence-electron chi connectivity index (χ1n) is 10.9. The third-order valence-electron chi connectivity index (χ3n) is 2.49. The summed E-state index contributed by atoms with van der Waals surface area (Å²) < 4.78 is 35.9. The number of esters is 2. The van der Waals surface area contributed by atoms with Crippen molar-refractivity contribution >= 4 is 11.9 Å². The Labute approximate surface area is 226 Å². The third kappa shape index (κ3) is 52.4. The molecule has 0 saturated heterocycles. The fourth-order valence-electron chi connectivity index (χ4n) is 1.59. The molecular weight excluding hydrogens is 462 g/mol. The molecule has 34 heavy (non-hydrogen) atoms. The van der Waals surface area contributed by atoms with Gasteiger partial charge in [-0.15, -0.1) is 0 Å². The van der Waals surface area contributed by atoms with Crippen LogP contribution in [-0.2, 0) is 28.5 Å². The van der Waals surface area contributed by atoms with Gasteiger partial charge < -0.3 is 30.0 Å². The van der Waals surface area contributed by atoms with Crippen molar-refractivity contribution in [3.05, 3.63) is 26.4 Å². The van der Waals surface area contributed by atoms with Crippen LogP contribution < -0.4 is 29.6 Å². The van der Waals surface area contributed by atoms with Crippen LogP contribution in [0, 0.1) is 0 Å². The topological polar surface area (TPSA) is 179 Å². The maximum absolute atomic E-state index is 11.2. The molecular formula is C20H40FN6NaO6. The average molecular weight is 504 g/mol. The number of carbonyl (C=O) groups excluding carboxylic acids is 2. The Balaban J connectivity index is -0.000000137. The van der Waals surface area contributed by atoms with Crippen molar-refractivity contribution in [2.24, 2.45) is 5.11 Å². The van der Waals surface area contributed by atoms with Gasteiger partial charge in [0, 0.05) is 18.1 Å². The van der Waals surface area contributed by atoms with Crippen molar-refractivity contribution in [2.45, 2.75) is 78.9 Å². The van der Waals surface area contributed by atoms with E-state index in [2.05, 4.69) is 10.0 Å².